The number of hydrogen-bond donors (Lipinski definition) is 0. The lowest BCUT2D eigenvalue weighted by molar-refractivity contribution is 0.101. The lowest BCUT2D eigenvalue weighted by Gasteiger charge is -2.05. The largest absolute Gasteiger partial charge is 0.294 e. The van der Waals surface area contributed by atoms with Gasteiger partial charge in [0.05, 0.1) is 0 Å². The molecule has 0 heterocycles. The molecule has 0 spiro atoms. The molecule has 0 aromatic heterocycles. The summed E-state index contributed by atoms with van der Waals surface area (Å²) in [5.74, 6) is 0.106. The van der Waals surface area contributed by atoms with Crippen LogP contribution < -0.4 is 0 Å². The second-order valence-electron chi connectivity index (χ2n) is 2.61. The van der Waals surface area contributed by atoms with E-state index < -0.39 is 0 Å². The van der Waals surface area contributed by atoms with Crippen molar-refractivity contribution in [3.05, 3.63) is 31.3 Å². The molecule has 0 radical (unpaired) electrons. The van der Waals surface area contributed by atoms with Gasteiger partial charge in [0, 0.05) is 13.6 Å². The zero-order valence-electron chi connectivity index (χ0n) is 6.82. The van der Waals surface area contributed by atoms with Gasteiger partial charge in [0.15, 0.2) is 5.78 Å². The van der Waals surface area contributed by atoms with E-state index in [-0.39, 0.29) is 5.78 Å². The minimum atomic E-state index is 0.106. The van der Waals surface area contributed by atoms with Crippen molar-refractivity contribution in [3.63, 3.8) is 0 Å². The van der Waals surface area contributed by atoms with Gasteiger partial charge in [-0.25, -0.2) is 0 Å². The number of carbonyl (C=O) groups is 1. The Hall–Kier alpha value is 0.1000. The van der Waals surface area contributed by atoms with Crippen molar-refractivity contribution in [3.8, 4) is 0 Å². The molecule has 0 N–H and O–H groups in total. The summed E-state index contributed by atoms with van der Waals surface area (Å²) < 4.78 is 1.92. The van der Waals surface area contributed by atoms with E-state index in [0.717, 1.165) is 19.2 Å². The summed E-state index contributed by atoms with van der Waals surface area (Å²) in [6.07, 6.45) is 0. The first kappa shape index (κ1) is 10.2. The van der Waals surface area contributed by atoms with E-state index in [9.17, 15) is 4.79 Å². The monoisotopic (exact) mass is 338 g/mol. The van der Waals surface area contributed by atoms with Crippen molar-refractivity contribution >= 4 is 44.3 Å². The lowest BCUT2D eigenvalue weighted by atomic mass is 10.1. The average molecular weight is 339 g/mol. The minimum Gasteiger partial charge on any atom is -0.294 e. The third-order valence-corrected chi connectivity index (χ3v) is 3.56. The van der Waals surface area contributed by atoms with Gasteiger partial charge in [-0.2, -0.15) is 0 Å². The first-order valence-corrected chi connectivity index (χ1v) is 5.36. The van der Waals surface area contributed by atoms with Gasteiger partial charge in [-0.15, -0.1) is 0 Å². The number of Topliss-reactive ketones (excluding diaryl/α,β-unsaturated/α-hetero) is 1. The maximum Gasteiger partial charge on any atom is 0.162 e. The number of ketones is 1. The summed E-state index contributed by atoms with van der Waals surface area (Å²) in [6, 6.07) is 3.95. The van der Waals surface area contributed by atoms with E-state index in [2.05, 4.69) is 38.5 Å². The predicted molar refractivity (Wildman–Crippen MR) is 61.6 cm³/mol. The third kappa shape index (κ3) is 1.88. The fourth-order valence-electron chi connectivity index (χ4n) is 0.979. The molecule has 0 unspecified atom stereocenters. The summed E-state index contributed by atoms with van der Waals surface area (Å²) in [5.41, 5.74) is 1.89. The van der Waals surface area contributed by atoms with Crippen LogP contribution in [-0.4, -0.2) is 5.78 Å². The molecule has 0 saturated carbocycles. The Balaban J connectivity index is 3.43. The molecule has 1 aromatic carbocycles. The van der Waals surface area contributed by atoms with Crippen LogP contribution in [0, 0.1) is 10.5 Å². The number of carbonyl (C=O) groups excluding carboxylic acids is 1. The van der Waals surface area contributed by atoms with Gasteiger partial charge < -0.3 is 0 Å². The van der Waals surface area contributed by atoms with Gasteiger partial charge in [0.2, 0.25) is 0 Å². The van der Waals surface area contributed by atoms with Gasteiger partial charge in [-0.05, 0) is 64.0 Å². The van der Waals surface area contributed by atoms with Crippen molar-refractivity contribution in [1.82, 2.24) is 0 Å². The maximum absolute atomic E-state index is 11.2. The summed E-state index contributed by atoms with van der Waals surface area (Å²) in [5, 5.41) is 0. The summed E-state index contributed by atoms with van der Waals surface area (Å²) in [4.78, 5) is 11.2. The molecular formula is C9H8BrIO. The highest BCUT2D eigenvalue weighted by atomic mass is 127. The predicted octanol–water partition coefficient (Wildman–Crippen LogP) is 3.56. The van der Waals surface area contributed by atoms with E-state index in [1.165, 1.54) is 0 Å². The van der Waals surface area contributed by atoms with Crippen LogP contribution in [0.15, 0.2) is 16.6 Å². The number of hydrogen-bond acceptors (Lipinski definition) is 1. The Morgan fingerprint density at radius 1 is 1.50 bits per heavy atom. The van der Waals surface area contributed by atoms with E-state index >= 15 is 0 Å². The highest BCUT2D eigenvalue weighted by molar-refractivity contribution is 14.1. The van der Waals surface area contributed by atoms with Crippen LogP contribution in [0.2, 0.25) is 0 Å². The highest BCUT2D eigenvalue weighted by Crippen LogP contribution is 2.26. The summed E-state index contributed by atoms with van der Waals surface area (Å²) in [7, 11) is 0. The summed E-state index contributed by atoms with van der Waals surface area (Å²) in [6.45, 7) is 3.56. The molecule has 0 amide bonds. The number of aryl methyl sites for hydroxylation is 1. The Labute approximate surface area is 93.8 Å². The SMILES string of the molecule is CC(=O)c1c(I)ccc(C)c1Br. The normalized spacial score (nSPS) is 10.0. The van der Waals surface area contributed by atoms with E-state index in [1.54, 1.807) is 6.92 Å². The Bertz CT molecular complexity index is 334. The fraction of sp³-hybridized carbons (Fsp3) is 0.222. The van der Waals surface area contributed by atoms with Gasteiger partial charge in [0.1, 0.15) is 0 Å². The van der Waals surface area contributed by atoms with Crippen molar-refractivity contribution < 1.29 is 4.79 Å². The van der Waals surface area contributed by atoms with Gasteiger partial charge in [-0.3, -0.25) is 4.79 Å². The zero-order chi connectivity index (χ0) is 9.30. The number of benzene rings is 1. The molecule has 0 aliphatic heterocycles. The second kappa shape index (κ2) is 3.87. The van der Waals surface area contributed by atoms with Crippen LogP contribution in [-0.2, 0) is 0 Å². The smallest absolute Gasteiger partial charge is 0.162 e. The Kier molecular flexibility index (Phi) is 3.29. The summed E-state index contributed by atoms with van der Waals surface area (Å²) >= 11 is 5.57. The molecule has 1 nitrogen and oxygen atoms in total. The number of rotatable bonds is 1. The number of halogens is 2. The van der Waals surface area contributed by atoms with Crippen LogP contribution in [0.4, 0.5) is 0 Å². The molecule has 0 saturated heterocycles. The molecule has 3 heteroatoms. The minimum absolute atomic E-state index is 0.106. The van der Waals surface area contributed by atoms with E-state index in [0.29, 0.717) is 0 Å². The molecule has 0 aliphatic rings. The van der Waals surface area contributed by atoms with Crippen molar-refractivity contribution in [1.29, 1.82) is 0 Å². The molecule has 0 bridgehead atoms. The van der Waals surface area contributed by atoms with Crippen LogP contribution in [0.25, 0.3) is 0 Å². The quantitative estimate of drug-likeness (QED) is 0.565. The van der Waals surface area contributed by atoms with Crippen molar-refractivity contribution in [2.45, 2.75) is 13.8 Å². The van der Waals surface area contributed by atoms with E-state index in [4.69, 9.17) is 0 Å². The molecule has 0 atom stereocenters. The van der Waals surface area contributed by atoms with Crippen molar-refractivity contribution in [2.24, 2.45) is 0 Å². The topological polar surface area (TPSA) is 17.1 Å². The first-order chi connectivity index (χ1) is 5.54. The zero-order valence-corrected chi connectivity index (χ0v) is 10.6. The highest BCUT2D eigenvalue weighted by Gasteiger charge is 2.10. The lowest BCUT2D eigenvalue weighted by Crippen LogP contribution is -1.98. The second-order valence-corrected chi connectivity index (χ2v) is 4.56. The van der Waals surface area contributed by atoms with Gasteiger partial charge in [-0.1, -0.05) is 6.07 Å². The maximum atomic E-state index is 11.2. The molecule has 64 valence electrons. The Morgan fingerprint density at radius 3 is 2.50 bits per heavy atom. The van der Waals surface area contributed by atoms with Crippen LogP contribution in [0.1, 0.15) is 22.8 Å². The molecule has 0 aliphatic carbocycles. The molecular weight excluding hydrogens is 331 g/mol. The standard InChI is InChI=1S/C9H8BrIO/c1-5-3-4-7(11)8(6(2)12)9(5)10/h3-4H,1-2H3. The molecule has 1 aromatic rings. The Morgan fingerprint density at radius 2 is 2.08 bits per heavy atom. The third-order valence-electron chi connectivity index (χ3n) is 1.64. The van der Waals surface area contributed by atoms with Crippen LogP contribution >= 0.6 is 38.5 Å². The van der Waals surface area contributed by atoms with Gasteiger partial charge in [0.25, 0.3) is 0 Å². The first-order valence-electron chi connectivity index (χ1n) is 3.49. The van der Waals surface area contributed by atoms with Gasteiger partial charge >= 0.3 is 0 Å². The average Bonchev–Trinajstić information content (AvgIpc) is 1.97. The van der Waals surface area contributed by atoms with E-state index in [1.807, 2.05) is 19.1 Å². The van der Waals surface area contributed by atoms with Crippen LogP contribution in [0.3, 0.4) is 0 Å². The molecule has 0 fully saturated rings. The van der Waals surface area contributed by atoms with Crippen molar-refractivity contribution in [2.75, 3.05) is 0 Å². The molecule has 1 rings (SSSR count). The van der Waals surface area contributed by atoms with Crippen LogP contribution in [0.5, 0.6) is 0 Å². The fourth-order valence-corrected chi connectivity index (χ4v) is 2.80. The molecule has 12 heavy (non-hydrogen) atoms.